The average Bonchev–Trinajstić information content (AvgIpc) is 3.10. The highest BCUT2D eigenvalue weighted by Gasteiger charge is 2.15. The molecule has 3 aromatic rings. The van der Waals surface area contributed by atoms with Gasteiger partial charge >= 0.3 is 0 Å². The van der Waals surface area contributed by atoms with Gasteiger partial charge in [-0.3, -0.25) is 4.72 Å². The lowest BCUT2D eigenvalue weighted by atomic mass is 10.2. The fourth-order valence-electron chi connectivity index (χ4n) is 1.92. The summed E-state index contributed by atoms with van der Waals surface area (Å²) in [5.41, 5.74) is 0.790. The topological polar surface area (TPSA) is 94.3 Å². The van der Waals surface area contributed by atoms with E-state index in [0.29, 0.717) is 11.6 Å². The van der Waals surface area contributed by atoms with Crippen LogP contribution < -0.4 is 9.46 Å². The number of benzene rings is 1. The van der Waals surface area contributed by atoms with Crippen molar-refractivity contribution >= 4 is 15.8 Å². The monoisotopic (exact) mass is 331 g/mol. The van der Waals surface area contributed by atoms with Crippen LogP contribution >= 0.6 is 0 Å². The van der Waals surface area contributed by atoms with Gasteiger partial charge in [0.05, 0.1) is 18.3 Å². The van der Waals surface area contributed by atoms with Crippen LogP contribution in [-0.2, 0) is 10.0 Å². The van der Waals surface area contributed by atoms with Crippen LogP contribution in [0, 0.1) is 0 Å². The molecule has 0 spiro atoms. The summed E-state index contributed by atoms with van der Waals surface area (Å²) in [6, 6.07) is 12.9. The predicted octanol–water partition coefficient (Wildman–Crippen LogP) is 2.55. The van der Waals surface area contributed by atoms with Crippen LogP contribution in [-0.4, -0.2) is 25.7 Å². The molecule has 3 rings (SSSR count). The zero-order valence-corrected chi connectivity index (χ0v) is 12.9. The lowest BCUT2D eigenvalue weighted by molar-refractivity contribution is 0.392. The quantitative estimate of drug-likeness (QED) is 0.772. The maximum Gasteiger partial charge on any atom is 0.263 e. The number of ether oxygens (including phenoxy) is 1. The van der Waals surface area contributed by atoms with Crippen molar-refractivity contribution < 1.29 is 17.6 Å². The van der Waals surface area contributed by atoms with Crippen molar-refractivity contribution in [1.29, 1.82) is 0 Å². The number of aromatic nitrogens is 2. The first-order valence-corrected chi connectivity index (χ1v) is 8.11. The third-order valence-corrected chi connectivity index (χ3v) is 4.43. The van der Waals surface area contributed by atoms with Crippen molar-refractivity contribution in [3.05, 3.63) is 54.8 Å². The smallest absolute Gasteiger partial charge is 0.263 e. The molecule has 0 atom stereocenters. The average molecular weight is 331 g/mol. The zero-order valence-electron chi connectivity index (χ0n) is 12.1. The summed E-state index contributed by atoms with van der Waals surface area (Å²) in [4.78, 5) is 0.116. The summed E-state index contributed by atoms with van der Waals surface area (Å²) >= 11 is 0. The Balaban J connectivity index is 1.81. The lowest BCUT2D eigenvalue weighted by Crippen LogP contribution is -2.14. The van der Waals surface area contributed by atoms with Gasteiger partial charge in [-0.1, -0.05) is 0 Å². The highest BCUT2D eigenvalue weighted by atomic mass is 32.2. The molecule has 2 heterocycles. The molecule has 0 saturated carbocycles. The molecule has 0 aliphatic heterocycles. The van der Waals surface area contributed by atoms with Crippen molar-refractivity contribution in [2.75, 3.05) is 11.8 Å². The second kappa shape index (κ2) is 6.09. The number of furan rings is 1. The van der Waals surface area contributed by atoms with Gasteiger partial charge < -0.3 is 9.15 Å². The van der Waals surface area contributed by atoms with E-state index in [-0.39, 0.29) is 10.7 Å². The summed E-state index contributed by atoms with van der Waals surface area (Å²) in [5, 5.41) is 7.45. The van der Waals surface area contributed by atoms with E-state index >= 15 is 0 Å². The molecule has 0 saturated heterocycles. The van der Waals surface area contributed by atoms with Gasteiger partial charge in [0.25, 0.3) is 10.0 Å². The van der Waals surface area contributed by atoms with Gasteiger partial charge in [0, 0.05) is 11.6 Å². The van der Waals surface area contributed by atoms with E-state index in [1.807, 2.05) is 0 Å². The molecule has 118 valence electrons. The van der Waals surface area contributed by atoms with E-state index in [2.05, 4.69) is 14.9 Å². The molecule has 2 aromatic heterocycles. The van der Waals surface area contributed by atoms with Crippen LogP contribution in [0.1, 0.15) is 0 Å². The van der Waals surface area contributed by atoms with Crippen LogP contribution in [0.15, 0.2) is 64.1 Å². The number of anilines is 1. The Labute approximate surface area is 133 Å². The van der Waals surface area contributed by atoms with E-state index < -0.39 is 10.0 Å². The molecular weight excluding hydrogens is 318 g/mol. The zero-order chi connectivity index (χ0) is 16.3. The molecule has 7 nitrogen and oxygen atoms in total. The van der Waals surface area contributed by atoms with E-state index in [1.165, 1.54) is 31.4 Å². The molecule has 0 aliphatic carbocycles. The standard InChI is InChI=1S/C15H13N3O4S/c1-21-15-9-8-14(16-17-15)18-23(19,20)12-6-4-11(5-7-12)13-3-2-10-22-13/h2-10H,1H3,(H,16,18). The first-order chi connectivity index (χ1) is 11.1. The Bertz CT molecular complexity index is 873. The fraction of sp³-hybridized carbons (Fsp3) is 0.0667. The van der Waals surface area contributed by atoms with Gasteiger partial charge in [0.1, 0.15) is 5.76 Å². The Morgan fingerprint density at radius 3 is 2.39 bits per heavy atom. The molecule has 0 aliphatic rings. The van der Waals surface area contributed by atoms with E-state index in [1.54, 1.807) is 30.5 Å². The molecule has 0 bridgehead atoms. The van der Waals surface area contributed by atoms with Crippen LogP contribution in [0.4, 0.5) is 5.82 Å². The summed E-state index contributed by atoms with van der Waals surface area (Å²) in [7, 11) is -2.29. The number of nitrogens with zero attached hydrogens (tertiary/aromatic N) is 2. The predicted molar refractivity (Wildman–Crippen MR) is 83.5 cm³/mol. The minimum Gasteiger partial charge on any atom is -0.480 e. The van der Waals surface area contributed by atoms with Crippen LogP contribution in [0.25, 0.3) is 11.3 Å². The van der Waals surface area contributed by atoms with E-state index in [4.69, 9.17) is 9.15 Å². The first kappa shape index (κ1) is 15.0. The molecular formula is C15H13N3O4S. The van der Waals surface area contributed by atoms with Crippen molar-refractivity contribution in [1.82, 2.24) is 10.2 Å². The Morgan fingerprint density at radius 2 is 1.83 bits per heavy atom. The number of sulfonamides is 1. The Kier molecular flexibility index (Phi) is 3.98. The minimum atomic E-state index is -3.74. The summed E-state index contributed by atoms with van der Waals surface area (Å²) < 4.78 is 37.1. The highest BCUT2D eigenvalue weighted by Crippen LogP contribution is 2.22. The van der Waals surface area contributed by atoms with Crippen LogP contribution in [0.3, 0.4) is 0 Å². The van der Waals surface area contributed by atoms with Crippen molar-refractivity contribution in [2.24, 2.45) is 0 Å². The third-order valence-electron chi connectivity index (χ3n) is 3.06. The molecule has 8 heteroatoms. The number of hydrogen-bond acceptors (Lipinski definition) is 6. The largest absolute Gasteiger partial charge is 0.480 e. The van der Waals surface area contributed by atoms with Crippen molar-refractivity contribution in [3.63, 3.8) is 0 Å². The maximum absolute atomic E-state index is 12.3. The van der Waals surface area contributed by atoms with Gasteiger partial charge in [-0.2, -0.15) is 0 Å². The molecule has 1 N–H and O–H groups in total. The molecule has 0 radical (unpaired) electrons. The number of methoxy groups -OCH3 is 1. The Morgan fingerprint density at radius 1 is 1.04 bits per heavy atom. The minimum absolute atomic E-state index is 0.112. The van der Waals surface area contributed by atoms with Crippen LogP contribution in [0.5, 0.6) is 5.88 Å². The summed E-state index contributed by atoms with van der Waals surface area (Å²) in [6.45, 7) is 0. The summed E-state index contributed by atoms with van der Waals surface area (Å²) in [5.74, 6) is 1.08. The Hall–Kier alpha value is -2.87. The molecule has 23 heavy (non-hydrogen) atoms. The van der Waals surface area contributed by atoms with E-state index in [0.717, 1.165) is 5.56 Å². The fourth-order valence-corrected chi connectivity index (χ4v) is 2.92. The maximum atomic E-state index is 12.3. The highest BCUT2D eigenvalue weighted by molar-refractivity contribution is 7.92. The number of nitrogens with one attached hydrogen (secondary N) is 1. The second-order valence-corrected chi connectivity index (χ2v) is 6.25. The molecule has 1 aromatic carbocycles. The lowest BCUT2D eigenvalue weighted by Gasteiger charge is -2.07. The van der Waals surface area contributed by atoms with Gasteiger partial charge in [-0.05, 0) is 42.5 Å². The van der Waals surface area contributed by atoms with Gasteiger partial charge in [0.2, 0.25) is 5.88 Å². The molecule has 0 unspecified atom stereocenters. The summed E-state index contributed by atoms with van der Waals surface area (Å²) in [6.07, 6.45) is 1.56. The third kappa shape index (κ3) is 3.32. The molecule has 0 fully saturated rings. The molecule has 0 amide bonds. The SMILES string of the molecule is COc1ccc(NS(=O)(=O)c2ccc(-c3ccco3)cc2)nn1. The van der Waals surface area contributed by atoms with E-state index in [9.17, 15) is 8.42 Å². The number of hydrogen-bond donors (Lipinski definition) is 1. The van der Waals surface area contributed by atoms with Gasteiger partial charge in [-0.25, -0.2) is 8.42 Å². The van der Waals surface area contributed by atoms with Crippen molar-refractivity contribution in [2.45, 2.75) is 4.90 Å². The van der Waals surface area contributed by atoms with Crippen molar-refractivity contribution in [3.8, 4) is 17.2 Å². The van der Waals surface area contributed by atoms with Gasteiger partial charge in [-0.15, -0.1) is 10.2 Å². The van der Waals surface area contributed by atoms with Crippen LogP contribution in [0.2, 0.25) is 0 Å². The van der Waals surface area contributed by atoms with Gasteiger partial charge in [0.15, 0.2) is 5.82 Å². The first-order valence-electron chi connectivity index (χ1n) is 6.63. The second-order valence-electron chi connectivity index (χ2n) is 4.57. The number of rotatable bonds is 5. The normalized spacial score (nSPS) is 11.2.